The van der Waals surface area contributed by atoms with Gasteiger partial charge >= 0.3 is 91.8 Å². The van der Waals surface area contributed by atoms with Crippen molar-refractivity contribution in [3.8, 4) is 0 Å². The zero-order valence-electron chi connectivity index (χ0n) is 8.48. The Morgan fingerprint density at radius 3 is 2.71 bits per heavy atom. The van der Waals surface area contributed by atoms with Crippen molar-refractivity contribution in [2.75, 3.05) is 7.11 Å². The van der Waals surface area contributed by atoms with Gasteiger partial charge in [-0.05, 0) is 0 Å². The van der Waals surface area contributed by atoms with Gasteiger partial charge in [-0.3, -0.25) is 0 Å². The van der Waals surface area contributed by atoms with E-state index in [1.165, 1.54) is 23.7 Å². The molecule has 14 heavy (non-hydrogen) atoms. The van der Waals surface area contributed by atoms with E-state index in [1.54, 1.807) is 0 Å². The van der Waals surface area contributed by atoms with Crippen molar-refractivity contribution in [1.29, 1.82) is 0 Å². The second-order valence-corrected chi connectivity index (χ2v) is 6.43. The van der Waals surface area contributed by atoms with Crippen LogP contribution in [0.5, 0.6) is 0 Å². The molecule has 0 spiro atoms. The molecule has 76 valence electrons. The molecule has 0 radical (unpaired) electrons. The summed E-state index contributed by atoms with van der Waals surface area (Å²) in [4.78, 5) is 0.801. The molecule has 0 bridgehead atoms. The summed E-state index contributed by atoms with van der Waals surface area (Å²) in [7, 11) is 1.85. The van der Waals surface area contributed by atoms with Gasteiger partial charge in [-0.2, -0.15) is 0 Å². The molecule has 1 aromatic carbocycles. The first-order valence-corrected chi connectivity index (χ1v) is 6.99. The number of methoxy groups -OCH3 is 1. The van der Waals surface area contributed by atoms with Crippen molar-refractivity contribution in [2.24, 2.45) is 0 Å². The predicted molar refractivity (Wildman–Crippen MR) is 60.2 cm³/mol. The third kappa shape index (κ3) is 2.38. The van der Waals surface area contributed by atoms with Gasteiger partial charge < -0.3 is 0 Å². The molecule has 2 atom stereocenters. The minimum absolute atomic E-state index is 0.523. The molecule has 1 fully saturated rings. The zero-order chi connectivity index (χ0) is 9.80. The number of rotatable bonds is 3. The number of hydrogen-bond acceptors (Lipinski definition) is 1. The Hall–Kier alpha value is -0.301. The van der Waals surface area contributed by atoms with Crippen LogP contribution in [0.25, 0.3) is 0 Å². The van der Waals surface area contributed by atoms with Crippen LogP contribution in [0.4, 0.5) is 0 Å². The monoisotopic (exact) mass is 256 g/mol. The summed E-state index contributed by atoms with van der Waals surface area (Å²) in [6.07, 6.45) is 4.48. The summed E-state index contributed by atoms with van der Waals surface area (Å²) in [6, 6.07) is 10.8. The fourth-order valence-corrected chi connectivity index (χ4v) is 4.80. The molecule has 0 aromatic heterocycles. The Labute approximate surface area is 92.0 Å². The van der Waals surface area contributed by atoms with Gasteiger partial charge in [0.15, 0.2) is 0 Å². The van der Waals surface area contributed by atoms with Crippen LogP contribution in [0.1, 0.15) is 19.3 Å². The Balaban J connectivity index is 1.97. The van der Waals surface area contributed by atoms with E-state index in [9.17, 15) is 0 Å². The van der Waals surface area contributed by atoms with Crippen LogP contribution >= 0.6 is 0 Å². The molecule has 0 unspecified atom stereocenters. The topological polar surface area (TPSA) is 9.23 Å². The van der Waals surface area contributed by atoms with Gasteiger partial charge in [0.05, 0.1) is 0 Å². The Kier molecular flexibility index (Phi) is 3.63. The van der Waals surface area contributed by atoms with E-state index in [4.69, 9.17) is 4.74 Å². The van der Waals surface area contributed by atoms with Crippen molar-refractivity contribution in [1.82, 2.24) is 0 Å². The van der Waals surface area contributed by atoms with Crippen LogP contribution < -0.4 is 4.46 Å². The quantitative estimate of drug-likeness (QED) is 0.751. The van der Waals surface area contributed by atoms with Crippen LogP contribution in [-0.2, 0) is 4.74 Å². The summed E-state index contributed by atoms with van der Waals surface area (Å²) in [5.41, 5.74) is 0. The third-order valence-corrected chi connectivity index (χ3v) is 5.63. The second kappa shape index (κ2) is 4.97. The maximum atomic E-state index is 5.51. The van der Waals surface area contributed by atoms with E-state index in [0.717, 1.165) is 4.82 Å². The molecule has 2 heteroatoms. The Morgan fingerprint density at radius 1 is 1.21 bits per heavy atom. The number of benzene rings is 1. The number of ether oxygens (including phenoxy) is 1. The van der Waals surface area contributed by atoms with Gasteiger partial charge in [-0.25, -0.2) is 0 Å². The average molecular weight is 255 g/mol. The van der Waals surface area contributed by atoms with Crippen molar-refractivity contribution in [3.05, 3.63) is 30.3 Å². The molecule has 1 saturated carbocycles. The summed E-state index contributed by atoms with van der Waals surface area (Å²) >= 11 is 0.596. The molecular weight excluding hydrogens is 239 g/mol. The SMILES string of the molecule is CO[C@H]1CCC[C@@H]1[Se]c1ccccc1. The average Bonchev–Trinajstić information content (AvgIpc) is 2.67. The van der Waals surface area contributed by atoms with Crippen LogP contribution in [0.15, 0.2) is 30.3 Å². The molecule has 0 aliphatic heterocycles. The van der Waals surface area contributed by atoms with Crippen molar-refractivity contribution in [2.45, 2.75) is 30.2 Å². The predicted octanol–water partition coefficient (Wildman–Crippen LogP) is 2.00. The van der Waals surface area contributed by atoms with Gasteiger partial charge in [0.25, 0.3) is 0 Å². The van der Waals surface area contributed by atoms with E-state index in [1.807, 2.05) is 7.11 Å². The minimum atomic E-state index is 0.523. The molecule has 0 saturated heterocycles. The Bertz CT molecular complexity index is 273. The van der Waals surface area contributed by atoms with E-state index in [-0.39, 0.29) is 0 Å². The molecular formula is C12H16OSe. The van der Waals surface area contributed by atoms with E-state index in [0.29, 0.717) is 21.1 Å². The van der Waals surface area contributed by atoms with Crippen molar-refractivity contribution >= 4 is 19.4 Å². The molecule has 1 aromatic rings. The summed E-state index contributed by atoms with van der Waals surface area (Å²) in [5.74, 6) is 0. The van der Waals surface area contributed by atoms with Crippen LogP contribution in [0.3, 0.4) is 0 Å². The fraction of sp³-hybridized carbons (Fsp3) is 0.500. The summed E-state index contributed by atoms with van der Waals surface area (Å²) in [6.45, 7) is 0. The normalized spacial score (nSPS) is 26.6. The first-order chi connectivity index (χ1) is 6.90. The number of hydrogen-bond donors (Lipinski definition) is 0. The molecule has 0 heterocycles. The molecule has 1 nitrogen and oxygen atoms in total. The maximum absolute atomic E-state index is 5.51. The van der Waals surface area contributed by atoms with Gasteiger partial charge in [0.2, 0.25) is 0 Å². The van der Waals surface area contributed by atoms with Crippen LogP contribution in [0, 0.1) is 0 Å². The molecule has 2 rings (SSSR count). The first-order valence-electron chi connectivity index (χ1n) is 5.14. The second-order valence-electron chi connectivity index (χ2n) is 3.67. The Morgan fingerprint density at radius 2 is 2.00 bits per heavy atom. The van der Waals surface area contributed by atoms with Crippen LogP contribution in [0.2, 0.25) is 4.82 Å². The van der Waals surface area contributed by atoms with Gasteiger partial charge in [0.1, 0.15) is 0 Å². The summed E-state index contributed by atoms with van der Waals surface area (Å²) < 4.78 is 7.02. The molecule has 1 aliphatic carbocycles. The van der Waals surface area contributed by atoms with E-state index >= 15 is 0 Å². The van der Waals surface area contributed by atoms with E-state index < -0.39 is 0 Å². The zero-order valence-corrected chi connectivity index (χ0v) is 10.2. The van der Waals surface area contributed by atoms with E-state index in [2.05, 4.69) is 30.3 Å². The van der Waals surface area contributed by atoms with Gasteiger partial charge in [-0.1, -0.05) is 0 Å². The fourth-order valence-electron chi connectivity index (χ4n) is 1.97. The van der Waals surface area contributed by atoms with Gasteiger partial charge in [-0.15, -0.1) is 0 Å². The first kappa shape index (κ1) is 10.2. The van der Waals surface area contributed by atoms with Gasteiger partial charge in [0, 0.05) is 0 Å². The summed E-state index contributed by atoms with van der Waals surface area (Å²) in [5, 5.41) is 0. The molecule has 0 N–H and O–H groups in total. The molecule has 1 aliphatic rings. The van der Waals surface area contributed by atoms with Crippen molar-refractivity contribution in [3.63, 3.8) is 0 Å². The molecule has 0 amide bonds. The van der Waals surface area contributed by atoms with Crippen LogP contribution in [-0.4, -0.2) is 28.2 Å². The third-order valence-electron chi connectivity index (χ3n) is 2.73. The van der Waals surface area contributed by atoms with Crippen molar-refractivity contribution < 1.29 is 4.74 Å². The standard InChI is InChI=1S/C12H16OSe/c1-13-11-8-5-9-12(11)14-10-6-3-2-4-7-10/h2-4,6-7,11-12H,5,8-9H2,1H3/t11-,12-/m0/s1.